The summed E-state index contributed by atoms with van der Waals surface area (Å²) < 4.78 is 5.51. The maximum atomic E-state index is 11.5. The Labute approximate surface area is 90.1 Å². The summed E-state index contributed by atoms with van der Waals surface area (Å²) in [6.45, 7) is 4.88. The highest BCUT2D eigenvalue weighted by Crippen LogP contribution is 2.18. The van der Waals surface area contributed by atoms with Crippen LogP contribution in [0.25, 0.3) is 0 Å². The summed E-state index contributed by atoms with van der Waals surface area (Å²) in [7, 11) is 0. The number of carbonyl (C=O) groups is 1. The van der Waals surface area contributed by atoms with E-state index in [0.29, 0.717) is 0 Å². The lowest BCUT2D eigenvalue weighted by Gasteiger charge is -2.07. The first-order valence-electron chi connectivity index (χ1n) is 5.66. The van der Waals surface area contributed by atoms with Crippen molar-refractivity contribution in [3.63, 3.8) is 0 Å². The minimum Gasteiger partial charge on any atom is -0.378 e. The number of rotatable bonds is 3. The first-order valence-corrected chi connectivity index (χ1v) is 5.66. The van der Waals surface area contributed by atoms with Crippen molar-refractivity contribution in [2.45, 2.75) is 45.3 Å². The van der Waals surface area contributed by atoms with Gasteiger partial charge in [-0.3, -0.25) is 9.79 Å². The number of nitrogens with zero attached hydrogens (tertiary/aromatic N) is 1. The molecule has 4 heteroatoms. The van der Waals surface area contributed by atoms with E-state index in [2.05, 4.69) is 10.3 Å². The van der Waals surface area contributed by atoms with E-state index in [0.717, 1.165) is 31.7 Å². The molecule has 2 aliphatic heterocycles. The maximum absolute atomic E-state index is 11.5. The molecule has 2 aliphatic rings. The summed E-state index contributed by atoms with van der Waals surface area (Å²) in [5, 5.41) is 2.84. The molecule has 2 heterocycles. The Morgan fingerprint density at radius 1 is 1.60 bits per heavy atom. The van der Waals surface area contributed by atoms with Gasteiger partial charge in [0, 0.05) is 13.0 Å². The molecule has 0 aromatic heterocycles. The van der Waals surface area contributed by atoms with Gasteiger partial charge in [-0.1, -0.05) is 13.8 Å². The number of carbonyl (C=O) groups excluding carboxylic acids is 1. The van der Waals surface area contributed by atoms with Crippen molar-refractivity contribution in [3.05, 3.63) is 0 Å². The monoisotopic (exact) mass is 210 g/mol. The molecule has 1 amide bonds. The van der Waals surface area contributed by atoms with E-state index in [-0.39, 0.29) is 24.0 Å². The van der Waals surface area contributed by atoms with Crippen LogP contribution < -0.4 is 5.32 Å². The SMILES string of the molecule is CC(C)C1N=C(CC2CCCO2)NC1=O. The first kappa shape index (κ1) is 10.6. The van der Waals surface area contributed by atoms with Crippen molar-refractivity contribution in [2.75, 3.05) is 6.61 Å². The fraction of sp³-hybridized carbons (Fsp3) is 0.818. The largest absolute Gasteiger partial charge is 0.378 e. The summed E-state index contributed by atoms with van der Waals surface area (Å²) in [4.78, 5) is 15.9. The molecule has 1 saturated heterocycles. The Kier molecular flexibility index (Phi) is 3.05. The van der Waals surface area contributed by atoms with Gasteiger partial charge in [-0.15, -0.1) is 0 Å². The fourth-order valence-corrected chi connectivity index (χ4v) is 2.05. The maximum Gasteiger partial charge on any atom is 0.250 e. The molecule has 0 aliphatic carbocycles. The van der Waals surface area contributed by atoms with Crippen LogP contribution in [-0.2, 0) is 9.53 Å². The Bertz CT molecular complexity index is 280. The number of nitrogens with one attached hydrogen (secondary N) is 1. The van der Waals surface area contributed by atoms with Crippen molar-refractivity contribution in [1.82, 2.24) is 5.32 Å². The van der Waals surface area contributed by atoms with Crippen LogP contribution in [0.3, 0.4) is 0 Å². The lowest BCUT2D eigenvalue weighted by Crippen LogP contribution is -2.32. The second-order valence-electron chi connectivity index (χ2n) is 4.59. The van der Waals surface area contributed by atoms with Crippen LogP contribution in [0.5, 0.6) is 0 Å². The molecule has 0 saturated carbocycles. The Balaban J connectivity index is 1.93. The van der Waals surface area contributed by atoms with Gasteiger partial charge in [-0.25, -0.2) is 0 Å². The zero-order valence-corrected chi connectivity index (χ0v) is 9.32. The molecule has 1 N–H and O–H groups in total. The predicted octanol–water partition coefficient (Wildman–Crippen LogP) is 1.11. The summed E-state index contributed by atoms with van der Waals surface area (Å²) in [6, 6.07) is -0.193. The summed E-state index contributed by atoms with van der Waals surface area (Å²) in [5.41, 5.74) is 0. The van der Waals surface area contributed by atoms with Gasteiger partial charge in [0.25, 0.3) is 0 Å². The van der Waals surface area contributed by atoms with E-state index in [1.54, 1.807) is 0 Å². The Hall–Kier alpha value is -0.900. The molecule has 0 aromatic carbocycles. The van der Waals surface area contributed by atoms with Gasteiger partial charge < -0.3 is 10.1 Å². The molecular formula is C11H18N2O2. The second kappa shape index (κ2) is 4.31. The van der Waals surface area contributed by atoms with Crippen LogP contribution in [-0.4, -0.2) is 30.5 Å². The van der Waals surface area contributed by atoms with Crippen LogP contribution in [0.1, 0.15) is 33.1 Å². The summed E-state index contributed by atoms with van der Waals surface area (Å²) in [5.74, 6) is 1.12. The molecule has 2 unspecified atom stereocenters. The molecule has 0 aromatic rings. The molecule has 1 fully saturated rings. The third-order valence-electron chi connectivity index (χ3n) is 2.91. The smallest absolute Gasteiger partial charge is 0.250 e. The van der Waals surface area contributed by atoms with E-state index in [1.807, 2.05) is 13.8 Å². The minimum absolute atomic E-state index is 0.0398. The number of ether oxygens (including phenoxy) is 1. The molecule has 0 bridgehead atoms. The number of aliphatic imine (C=N–C) groups is 1. The number of hydrogen-bond donors (Lipinski definition) is 1. The van der Waals surface area contributed by atoms with Crippen molar-refractivity contribution >= 4 is 11.7 Å². The van der Waals surface area contributed by atoms with Gasteiger partial charge in [0.05, 0.1) is 6.10 Å². The minimum atomic E-state index is -0.193. The topological polar surface area (TPSA) is 50.7 Å². The van der Waals surface area contributed by atoms with Crippen LogP contribution in [0.4, 0.5) is 0 Å². The molecular weight excluding hydrogens is 192 g/mol. The molecule has 0 spiro atoms. The highest BCUT2D eigenvalue weighted by molar-refractivity contribution is 6.06. The van der Waals surface area contributed by atoms with Crippen molar-refractivity contribution in [1.29, 1.82) is 0 Å². The zero-order chi connectivity index (χ0) is 10.8. The zero-order valence-electron chi connectivity index (χ0n) is 9.32. The number of amides is 1. The van der Waals surface area contributed by atoms with Gasteiger partial charge in [0.15, 0.2) is 0 Å². The van der Waals surface area contributed by atoms with Crippen molar-refractivity contribution < 1.29 is 9.53 Å². The molecule has 0 radical (unpaired) electrons. The average molecular weight is 210 g/mol. The van der Waals surface area contributed by atoms with Gasteiger partial charge in [0.2, 0.25) is 5.91 Å². The van der Waals surface area contributed by atoms with Gasteiger partial charge in [-0.2, -0.15) is 0 Å². The van der Waals surface area contributed by atoms with E-state index in [9.17, 15) is 4.79 Å². The van der Waals surface area contributed by atoms with Crippen LogP contribution in [0.2, 0.25) is 0 Å². The van der Waals surface area contributed by atoms with Gasteiger partial charge in [-0.05, 0) is 18.8 Å². The second-order valence-corrected chi connectivity index (χ2v) is 4.59. The Morgan fingerprint density at radius 3 is 2.93 bits per heavy atom. The van der Waals surface area contributed by atoms with Crippen molar-refractivity contribution in [3.8, 4) is 0 Å². The quantitative estimate of drug-likeness (QED) is 0.758. The molecule has 4 nitrogen and oxygen atoms in total. The van der Waals surface area contributed by atoms with E-state index in [4.69, 9.17) is 4.74 Å². The normalized spacial score (nSPS) is 30.9. The third-order valence-corrected chi connectivity index (χ3v) is 2.91. The highest BCUT2D eigenvalue weighted by atomic mass is 16.5. The number of amidine groups is 1. The molecule has 15 heavy (non-hydrogen) atoms. The lowest BCUT2D eigenvalue weighted by molar-refractivity contribution is -0.120. The fourth-order valence-electron chi connectivity index (χ4n) is 2.05. The van der Waals surface area contributed by atoms with Crippen LogP contribution in [0, 0.1) is 5.92 Å². The average Bonchev–Trinajstić information content (AvgIpc) is 2.75. The first-order chi connectivity index (χ1) is 7.16. The summed E-state index contributed by atoms with van der Waals surface area (Å²) in [6.07, 6.45) is 3.23. The molecule has 84 valence electrons. The van der Waals surface area contributed by atoms with Crippen LogP contribution >= 0.6 is 0 Å². The van der Waals surface area contributed by atoms with Crippen molar-refractivity contribution in [2.24, 2.45) is 10.9 Å². The van der Waals surface area contributed by atoms with Crippen LogP contribution in [0.15, 0.2) is 4.99 Å². The standard InChI is InChI=1S/C11H18N2O2/c1-7(2)10-11(14)13-9(12-10)6-8-4-3-5-15-8/h7-8,10H,3-6H2,1-2H3,(H,12,13,14). The third kappa shape index (κ3) is 2.37. The number of hydrogen-bond acceptors (Lipinski definition) is 3. The van der Waals surface area contributed by atoms with E-state index in [1.165, 1.54) is 0 Å². The predicted molar refractivity (Wildman–Crippen MR) is 57.8 cm³/mol. The van der Waals surface area contributed by atoms with Gasteiger partial charge >= 0.3 is 0 Å². The lowest BCUT2D eigenvalue weighted by atomic mass is 10.1. The Morgan fingerprint density at radius 2 is 2.40 bits per heavy atom. The molecule has 2 rings (SSSR count). The molecule has 2 atom stereocenters. The van der Waals surface area contributed by atoms with E-state index >= 15 is 0 Å². The van der Waals surface area contributed by atoms with Gasteiger partial charge in [0.1, 0.15) is 11.9 Å². The van der Waals surface area contributed by atoms with E-state index < -0.39 is 0 Å². The highest BCUT2D eigenvalue weighted by Gasteiger charge is 2.30. The summed E-state index contributed by atoms with van der Waals surface area (Å²) >= 11 is 0.